The van der Waals surface area contributed by atoms with E-state index in [4.69, 9.17) is 0 Å². The second kappa shape index (κ2) is 6.46. The fraction of sp³-hybridized carbons (Fsp3) is 0.353. The Hall–Kier alpha value is -3.03. The number of nitrogens with zero attached hydrogens (tertiary/aromatic N) is 7. The first-order chi connectivity index (χ1) is 12.2. The third-order valence-electron chi connectivity index (χ3n) is 4.63. The highest BCUT2D eigenvalue weighted by Crippen LogP contribution is 2.23. The molecule has 128 valence electrons. The van der Waals surface area contributed by atoms with E-state index in [9.17, 15) is 4.79 Å². The Morgan fingerprint density at radius 2 is 2.28 bits per heavy atom. The molecule has 3 aromatic rings. The quantitative estimate of drug-likeness (QED) is 0.720. The van der Waals surface area contributed by atoms with Crippen LogP contribution in [0.2, 0.25) is 0 Å². The molecule has 1 saturated heterocycles. The van der Waals surface area contributed by atoms with E-state index in [0.29, 0.717) is 6.54 Å². The lowest BCUT2D eigenvalue weighted by Crippen LogP contribution is -2.38. The molecule has 0 bridgehead atoms. The lowest BCUT2D eigenvalue weighted by molar-refractivity contribution is 0.0720. The van der Waals surface area contributed by atoms with Gasteiger partial charge >= 0.3 is 0 Å². The number of rotatable bonds is 4. The smallest absolute Gasteiger partial charge is 0.254 e. The molecule has 2 aromatic heterocycles. The minimum absolute atomic E-state index is 0.0743. The van der Waals surface area contributed by atoms with Crippen LogP contribution in [0.3, 0.4) is 0 Å². The van der Waals surface area contributed by atoms with Crippen molar-refractivity contribution in [1.82, 2.24) is 34.7 Å². The molecule has 0 spiro atoms. The standard InChI is InChI=1S/C17H19N7O/c1-13-9-14(24-12-18-11-20-24)4-5-16(13)17(25)23-7-2-3-15(23)10-22-8-6-19-21-22/h4-6,8-9,11-12,15H,2-3,7,10H2,1H3/t15-/m0/s1. The zero-order valence-corrected chi connectivity index (χ0v) is 14.0. The molecule has 1 aliphatic heterocycles. The van der Waals surface area contributed by atoms with Crippen LogP contribution in [0.4, 0.5) is 0 Å². The lowest BCUT2D eigenvalue weighted by atomic mass is 10.1. The summed E-state index contributed by atoms with van der Waals surface area (Å²) in [6.07, 6.45) is 8.63. The maximum atomic E-state index is 13.1. The first-order valence-electron chi connectivity index (χ1n) is 8.33. The summed E-state index contributed by atoms with van der Waals surface area (Å²) in [4.78, 5) is 19.0. The highest BCUT2D eigenvalue weighted by atomic mass is 16.2. The third kappa shape index (κ3) is 3.02. The summed E-state index contributed by atoms with van der Waals surface area (Å²) in [5, 5.41) is 12.0. The number of aryl methyl sites for hydroxylation is 1. The van der Waals surface area contributed by atoms with Gasteiger partial charge in [0.1, 0.15) is 12.7 Å². The van der Waals surface area contributed by atoms with Crippen molar-refractivity contribution in [2.24, 2.45) is 0 Å². The van der Waals surface area contributed by atoms with Crippen LogP contribution in [0, 0.1) is 6.92 Å². The summed E-state index contributed by atoms with van der Waals surface area (Å²) in [6, 6.07) is 5.89. The summed E-state index contributed by atoms with van der Waals surface area (Å²) in [6.45, 7) is 3.42. The van der Waals surface area contributed by atoms with Gasteiger partial charge in [-0.2, -0.15) is 5.10 Å². The maximum absolute atomic E-state index is 13.1. The van der Waals surface area contributed by atoms with Gasteiger partial charge in [-0.25, -0.2) is 9.67 Å². The van der Waals surface area contributed by atoms with E-state index >= 15 is 0 Å². The molecular formula is C17H19N7O. The van der Waals surface area contributed by atoms with E-state index < -0.39 is 0 Å². The van der Waals surface area contributed by atoms with Gasteiger partial charge in [-0.1, -0.05) is 5.21 Å². The zero-order valence-electron chi connectivity index (χ0n) is 14.0. The highest BCUT2D eigenvalue weighted by molar-refractivity contribution is 5.96. The number of benzene rings is 1. The van der Waals surface area contributed by atoms with Crippen molar-refractivity contribution < 1.29 is 4.79 Å². The number of carbonyl (C=O) groups is 1. The number of hydrogen-bond acceptors (Lipinski definition) is 5. The second-order valence-electron chi connectivity index (χ2n) is 6.26. The summed E-state index contributed by atoms with van der Waals surface area (Å²) in [7, 11) is 0. The molecule has 4 rings (SSSR count). The Bertz CT molecular complexity index is 857. The van der Waals surface area contributed by atoms with Crippen LogP contribution >= 0.6 is 0 Å². The monoisotopic (exact) mass is 337 g/mol. The zero-order chi connectivity index (χ0) is 17.2. The predicted octanol–water partition coefficient (Wildman–Crippen LogP) is 1.47. The molecule has 0 aliphatic carbocycles. The maximum Gasteiger partial charge on any atom is 0.254 e. The van der Waals surface area contributed by atoms with E-state index in [1.807, 2.05) is 36.2 Å². The van der Waals surface area contributed by atoms with Crippen LogP contribution in [-0.4, -0.2) is 53.2 Å². The Balaban J connectivity index is 1.55. The largest absolute Gasteiger partial charge is 0.334 e. The molecule has 0 N–H and O–H groups in total. The third-order valence-corrected chi connectivity index (χ3v) is 4.63. The average molecular weight is 337 g/mol. The Labute approximate surface area is 145 Å². The van der Waals surface area contributed by atoms with E-state index in [0.717, 1.165) is 36.2 Å². The van der Waals surface area contributed by atoms with Gasteiger partial charge in [-0.05, 0) is 43.5 Å². The van der Waals surface area contributed by atoms with Gasteiger partial charge in [-0.3, -0.25) is 9.48 Å². The van der Waals surface area contributed by atoms with Gasteiger partial charge in [0.15, 0.2) is 0 Å². The van der Waals surface area contributed by atoms with Gasteiger partial charge in [0, 0.05) is 18.3 Å². The first kappa shape index (κ1) is 15.5. The van der Waals surface area contributed by atoms with Gasteiger partial charge in [0.2, 0.25) is 0 Å². The summed E-state index contributed by atoms with van der Waals surface area (Å²) >= 11 is 0. The predicted molar refractivity (Wildman–Crippen MR) is 90.2 cm³/mol. The minimum atomic E-state index is 0.0743. The number of likely N-dealkylation sites (tertiary alicyclic amines) is 1. The van der Waals surface area contributed by atoms with Crippen molar-refractivity contribution in [3.8, 4) is 5.69 Å². The van der Waals surface area contributed by atoms with Crippen LogP contribution < -0.4 is 0 Å². The van der Waals surface area contributed by atoms with Gasteiger partial charge < -0.3 is 4.90 Å². The molecule has 1 aliphatic rings. The molecular weight excluding hydrogens is 318 g/mol. The van der Waals surface area contributed by atoms with Crippen molar-refractivity contribution in [3.63, 3.8) is 0 Å². The Kier molecular flexibility index (Phi) is 4.01. The minimum Gasteiger partial charge on any atom is -0.334 e. The molecule has 8 heteroatoms. The topological polar surface area (TPSA) is 81.7 Å². The van der Waals surface area contributed by atoms with E-state index in [1.54, 1.807) is 21.9 Å². The van der Waals surface area contributed by atoms with Crippen molar-refractivity contribution in [1.29, 1.82) is 0 Å². The van der Waals surface area contributed by atoms with Gasteiger partial charge in [-0.15, -0.1) is 5.10 Å². The highest BCUT2D eigenvalue weighted by Gasteiger charge is 2.30. The number of aromatic nitrogens is 6. The molecule has 1 atom stereocenters. The fourth-order valence-electron chi connectivity index (χ4n) is 3.37. The van der Waals surface area contributed by atoms with Crippen molar-refractivity contribution in [2.45, 2.75) is 32.4 Å². The summed E-state index contributed by atoms with van der Waals surface area (Å²) < 4.78 is 3.47. The number of amides is 1. The molecule has 1 aromatic carbocycles. The molecule has 0 unspecified atom stereocenters. The summed E-state index contributed by atoms with van der Waals surface area (Å²) in [5.74, 6) is 0.0743. The van der Waals surface area contributed by atoms with Crippen molar-refractivity contribution in [2.75, 3.05) is 6.54 Å². The number of hydrogen-bond donors (Lipinski definition) is 0. The molecule has 1 amide bonds. The molecule has 0 radical (unpaired) electrons. The number of carbonyl (C=O) groups excluding carboxylic acids is 1. The average Bonchev–Trinajstić information content (AvgIpc) is 3.37. The molecule has 25 heavy (non-hydrogen) atoms. The van der Waals surface area contributed by atoms with Crippen molar-refractivity contribution >= 4 is 5.91 Å². The van der Waals surface area contributed by atoms with Crippen LogP contribution in [0.1, 0.15) is 28.8 Å². The SMILES string of the molecule is Cc1cc(-n2cncn2)ccc1C(=O)N1CCC[C@H]1Cn1ccnn1. The first-order valence-corrected chi connectivity index (χ1v) is 8.33. The normalized spacial score (nSPS) is 17.2. The van der Waals surface area contributed by atoms with Gasteiger partial charge in [0.25, 0.3) is 5.91 Å². The molecule has 0 saturated carbocycles. The Morgan fingerprint density at radius 3 is 3.00 bits per heavy atom. The second-order valence-corrected chi connectivity index (χ2v) is 6.26. The Morgan fingerprint density at radius 1 is 1.36 bits per heavy atom. The molecule has 3 heterocycles. The lowest BCUT2D eigenvalue weighted by Gasteiger charge is -2.25. The fourth-order valence-corrected chi connectivity index (χ4v) is 3.37. The van der Waals surface area contributed by atoms with E-state index in [1.165, 1.54) is 6.33 Å². The molecule has 8 nitrogen and oxygen atoms in total. The van der Waals surface area contributed by atoms with Crippen LogP contribution in [0.15, 0.2) is 43.2 Å². The van der Waals surface area contributed by atoms with Crippen LogP contribution in [-0.2, 0) is 6.54 Å². The van der Waals surface area contributed by atoms with Gasteiger partial charge in [0.05, 0.1) is 24.5 Å². The van der Waals surface area contributed by atoms with Crippen LogP contribution in [0.5, 0.6) is 0 Å². The van der Waals surface area contributed by atoms with E-state index in [2.05, 4.69) is 20.4 Å². The van der Waals surface area contributed by atoms with Crippen molar-refractivity contribution in [3.05, 3.63) is 54.4 Å². The summed E-state index contributed by atoms with van der Waals surface area (Å²) in [5.41, 5.74) is 2.56. The van der Waals surface area contributed by atoms with Crippen LogP contribution in [0.25, 0.3) is 5.69 Å². The van der Waals surface area contributed by atoms with E-state index in [-0.39, 0.29) is 11.9 Å². The molecule has 1 fully saturated rings.